The molecule has 0 radical (unpaired) electrons. The Kier molecular flexibility index (Phi) is 4.57. The molecule has 1 aliphatic heterocycles. The topological polar surface area (TPSA) is 49.4 Å². The van der Waals surface area contributed by atoms with Crippen LogP contribution in [0.2, 0.25) is 0 Å². The second kappa shape index (κ2) is 4.01. The van der Waals surface area contributed by atoms with Crippen molar-refractivity contribution in [3.8, 4) is 0 Å². The van der Waals surface area contributed by atoms with Crippen LogP contribution in [0, 0.1) is 0 Å². The zero-order valence-corrected chi connectivity index (χ0v) is 2.50. The van der Waals surface area contributed by atoms with Crippen molar-refractivity contribution >= 4 is 51.4 Å². The predicted octanol–water partition coefficient (Wildman–Crippen LogP) is 0.128. The molecule has 0 aliphatic carbocycles. The predicted molar refractivity (Wildman–Crippen MR) is 21.7 cm³/mol. The van der Waals surface area contributed by atoms with Gasteiger partial charge in [0.1, 0.15) is 0 Å². The molecule has 1 aliphatic rings. The van der Waals surface area contributed by atoms with Crippen molar-refractivity contribution in [1.29, 1.82) is 0 Å². The van der Waals surface area contributed by atoms with Gasteiger partial charge in [0.05, 0.1) is 0 Å². The Morgan fingerprint density at radius 1 is 1.00 bits per heavy atom. The van der Waals surface area contributed by atoms with Gasteiger partial charge in [-0.25, -0.2) is 0 Å². The van der Waals surface area contributed by atoms with Crippen LogP contribution in [-0.4, -0.2) is 58.1 Å². The van der Waals surface area contributed by atoms with E-state index in [0.29, 0.717) is 6.67 Å². The van der Waals surface area contributed by atoms with E-state index in [-0.39, 0.29) is 51.4 Å². The van der Waals surface area contributed by atoms with Crippen LogP contribution in [0.15, 0.2) is 20.7 Å². The molecule has 0 aromatic heterocycles. The molecule has 1 rings (SSSR count). The van der Waals surface area contributed by atoms with E-state index < -0.39 is 0 Å². The second-order valence-electron chi connectivity index (χ2n) is 0.603. The number of hydrogen-bond donors (Lipinski definition) is 0. The van der Waals surface area contributed by atoms with Gasteiger partial charge >= 0.3 is 51.4 Å². The SMILES string of the molecule is C1N=NN=N1.[KH]. The van der Waals surface area contributed by atoms with E-state index in [1.54, 1.807) is 0 Å². The van der Waals surface area contributed by atoms with Gasteiger partial charge in [-0.2, -0.15) is 0 Å². The van der Waals surface area contributed by atoms with Crippen molar-refractivity contribution in [2.45, 2.75) is 0 Å². The van der Waals surface area contributed by atoms with Crippen molar-refractivity contribution in [3.05, 3.63) is 0 Å². The Hall–Kier alpha value is 0.836. The zero-order chi connectivity index (χ0) is 3.54. The molecule has 0 amide bonds. The fourth-order valence-corrected chi connectivity index (χ4v) is 0.141. The van der Waals surface area contributed by atoms with Gasteiger partial charge in [0.15, 0.2) is 6.67 Å². The first-order valence-electron chi connectivity index (χ1n) is 1.23. The first-order valence-corrected chi connectivity index (χ1v) is 1.23. The van der Waals surface area contributed by atoms with Crippen LogP contribution in [0.1, 0.15) is 0 Å². The minimum atomic E-state index is 0. The monoisotopic (exact) mass is 110 g/mol. The van der Waals surface area contributed by atoms with Crippen LogP contribution in [0.4, 0.5) is 0 Å². The Morgan fingerprint density at radius 3 is 1.67 bits per heavy atom. The van der Waals surface area contributed by atoms with Gasteiger partial charge in [-0.05, 0) is 10.4 Å². The minimum absolute atomic E-state index is 0. The summed E-state index contributed by atoms with van der Waals surface area (Å²) in [6, 6.07) is 0. The van der Waals surface area contributed by atoms with Gasteiger partial charge in [-0.15, -0.1) is 10.2 Å². The first kappa shape index (κ1) is 6.84. The molecule has 0 atom stereocenters. The van der Waals surface area contributed by atoms with E-state index in [1.807, 2.05) is 0 Å². The van der Waals surface area contributed by atoms with Gasteiger partial charge in [0, 0.05) is 0 Å². The molecule has 6 heavy (non-hydrogen) atoms. The summed E-state index contributed by atoms with van der Waals surface area (Å²) in [6.45, 7) is 0.417. The average Bonchev–Trinajstić information content (AvgIpc) is 1.76. The fraction of sp³-hybridized carbons (Fsp3) is 1.00. The van der Waals surface area contributed by atoms with Crippen LogP contribution in [0.5, 0.6) is 0 Å². The van der Waals surface area contributed by atoms with Crippen molar-refractivity contribution in [3.63, 3.8) is 0 Å². The van der Waals surface area contributed by atoms with Crippen molar-refractivity contribution in [2.75, 3.05) is 6.67 Å². The molecule has 0 saturated carbocycles. The van der Waals surface area contributed by atoms with Crippen molar-refractivity contribution in [2.24, 2.45) is 20.7 Å². The average molecular weight is 110 g/mol. The molecular weight excluding hydrogens is 107 g/mol. The van der Waals surface area contributed by atoms with Crippen LogP contribution < -0.4 is 0 Å². The normalized spacial score (nSPS) is 14.7. The van der Waals surface area contributed by atoms with Gasteiger partial charge in [0.25, 0.3) is 0 Å². The number of rotatable bonds is 0. The Labute approximate surface area is 77.5 Å². The molecule has 1 heterocycles. The molecule has 0 spiro atoms. The number of nitrogens with zero attached hydrogens (tertiary/aromatic N) is 4. The quantitative estimate of drug-likeness (QED) is 0.398. The molecule has 0 N–H and O–H groups in total. The standard InChI is InChI=1S/CH2N4.K.H/c1-2-4-5-3-1;;/h1H2;;. The third kappa shape index (κ3) is 2.09. The maximum absolute atomic E-state index is 3.38. The summed E-state index contributed by atoms with van der Waals surface area (Å²) in [7, 11) is 0. The summed E-state index contributed by atoms with van der Waals surface area (Å²) >= 11 is 0. The molecule has 5 heteroatoms. The summed E-state index contributed by atoms with van der Waals surface area (Å²) in [5, 5.41) is 13.1. The van der Waals surface area contributed by atoms with Gasteiger partial charge in [-0.1, -0.05) is 0 Å². The summed E-state index contributed by atoms with van der Waals surface area (Å²) in [6.07, 6.45) is 0. The second-order valence-corrected chi connectivity index (χ2v) is 0.603. The molecule has 0 aromatic carbocycles. The molecule has 4 nitrogen and oxygen atoms in total. The fourth-order valence-electron chi connectivity index (χ4n) is 0.141. The van der Waals surface area contributed by atoms with Crippen LogP contribution in [-0.2, 0) is 0 Å². The van der Waals surface area contributed by atoms with Crippen molar-refractivity contribution < 1.29 is 0 Å². The Balaban J connectivity index is 0.000000250. The Bertz CT molecular complexity index is 65.6. The molecule has 0 fully saturated rings. The molecule has 0 saturated heterocycles. The van der Waals surface area contributed by atoms with Crippen molar-refractivity contribution in [1.82, 2.24) is 0 Å². The van der Waals surface area contributed by atoms with Gasteiger partial charge < -0.3 is 0 Å². The maximum atomic E-state index is 3.38. The zero-order valence-electron chi connectivity index (χ0n) is 2.50. The Morgan fingerprint density at radius 2 is 1.50 bits per heavy atom. The summed E-state index contributed by atoms with van der Waals surface area (Å²) in [5.74, 6) is 0. The molecule has 0 aromatic rings. The molecule has 0 unspecified atom stereocenters. The third-order valence-electron chi connectivity index (χ3n) is 0.293. The molecule has 0 bridgehead atoms. The van der Waals surface area contributed by atoms with Crippen LogP contribution in [0.25, 0.3) is 0 Å². The van der Waals surface area contributed by atoms with E-state index in [1.165, 1.54) is 0 Å². The summed E-state index contributed by atoms with van der Waals surface area (Å²) < 4.78 is 0. The summed E-state index contributed by atoms with van der Waals surface area (Å²) in [5.41, 5.74) is 0. The van der Waals surface area contributed by atoms with E-state index in [0.717, 1.165) is 0 Å². The van der Waals surface area contributed by atoms with Gasteiger partial charge in [0.2, 0.25) is 0 Å². The molecule has 28 valence electrons. The van der Waals surface area contributed by atoms with Crippen LogP contribution in [0.3, 0.4) is 0 Å². The number of hydrogen-bond acceptors (Lipinski definition) is 4. The molecular formula is CH3KN4. The van der Waals surface area contributed by atoms with E-state index >= 15 is 0 Å². The van der Waals surface area contributed by atoms with E-state index in [2.05, 4.69) is 20.7 Å². The summed E-state index contributed by atoms with van der Waals surface area (Å²) in [4.78, 5) is 0. The van der Waals surface area contributed by atoms with E-state index in [4.69, 9.17) is 0 Å². The first-order chi connectivity index (χ1) is 2.50. The van der Waals surface area contributed by atoms with E-state index in [9.17, 15) is 0 Å². The van der Waals surface area contributed by atoms with Crippen LogP contribution >= 0.6 is 0 Å². The third-order valence-corrected chi connectivity index (χ3v) is 0.293. The van der Waals surface area contributed by atoms with Gasteiger partial charge in [-0.3, -0.25) is 0 Å².